The molecule has 0 aliphatic heterocycles. The van der Waals surface area contributed by atoms with Gasteiger partial charge in [0.1, 0.15) is 0 Å². The average molecular weight is 144 g/mol. The van der Waals surface area contributed by atoms with Gasteiger partial charge in [0.25, 0.3) is 0 Å². The second-order valence-corrected chi connectivity index (χ2v) is 0. The normalized spacial score (nSPS) is 0. The molecule has 0 saturated carbocycles. The Morgan fingerprint density at radius 2 is 0.500 bits per heavy atom. The molecule has 0 aromatic rings. The molecule has 0 unspecified atom stereocenters. The molecule has 4 heavy (non-hydrogen) atoms. The van der Waals surface area contributed by atoms with Crippen molar-refractivity contribution >= 4 is 110 Å². The van der Waals surface area contributed by atoms with Crippen LogP contribution in [0.4, 0.5) is 0 Å². The molecule has 0 amide bonds. The van der Waals surface area contributed by atoms with Crippen LogP contribution >= 0.6 is 0 Å². The van der Waals surface area contributed by atoms with Crippen LogP contribution in [0.5, 0.6) is 0 Å². The van der Waals surface area contributed by atoms with Gasteiger partial charge in [-0.2, -0.15) is 0 Å². The van der Waals surface area contributed by atoms with E-state index in [0.717, 1.165) is 0 Å². The summed E-state index contributed by atoms with van der Waals surface area (Å²) in [6.45, 7) is 0. The second-order valence-electron chi connectivity index (χ2n) is 0. The van der Waals surface area contributed by atoms with Gasteiger partial charge in [0, 0.05) is 0 Å². The Hall–Kier alpha value is 3.58. The monoisotopic (exact) mass is 144 g/mol. The molecule has 4 heteroatoms. The van der Waals surface area contributed by atoms with Gasteiger partial charge in [0.05, 0.1) is 0 Å². The number of hydrogen-bond acceptors (Lipinski definition) is 0. The van der Waals surface area contributed by atoms with Crippen LogP contribution in [0.2, 0.25) is 0 Å². The van der Waals surface area contributed by atoms with Crippen molar-refractivity contribution in [1.82, 2.24) is 0 Å². The predicted molar refractivity (Wildman–Crippen MR) is 37.0 cm³/mol. The van der Waals surface area contributed by atoms with Crippen molar-refractivity contribution in [3.8, 4) is 0 Å². The molecule has 0 aromatic carbocycles. The van der Waals surface area contributed by atoms with E-state index in [1.165, 1.54) is 0 Å². The van der Waals surface area contributed by atoms with Crippen LogP contribution in [-0.4, -0.2) is 110 Å². The van der Waals surface area contributed by atoms with E-state index in [4.69, 9.17) is 0 Å². The maximum atomic E-state index is 0. The van der Waals surface area contributed by atoms with Gasteiger partial charge in [0.2, 0.25) is 0 Å². The van der Waals surface area contributed by atoms with Crippen LogP contribution in [0.25, 0.3) is 0 Å². The number of rotatable bonds is 0. The molecule has 0 nitrogen and oxygen atoms in total. The summed E-state index contributed by atoms with van der Waals surface area (Å²) in [6, 6.07) is 0. The zero-order chi connectivity index (χ0) is 0. The molecule has 0 fully saturated rings. The maximum absolute atomic E-state index is 0. The molecule has 0 atom stereocenters. The van der Waals surface area contributed by atoms with E-state index >= 15 is 0 Å². The summed E-state index contributed by atoms with van der Waals surface area (Å²) in [5.74, 6) is 0. The van der Waals surface area contributed by atoms with Gasteiger partial charge in [0.15, 0.2) is 34.7 Å². The fourth-order valence-corrected chi connectivity index (χ4v) is 0. The summed E-state index contributed by atoms with van der Waals surface area (Å²) < 4.78 is 0. The Morgan fingerprint density at radius 1 is 0.500 bits per heavy atom. The third kappa shape index (κ3) is 9.14. The second kappa shape index (κ2) is 16.0. The Bertz CT molecular complexity index is 4.00. The molecule has 0 bridgehead atoms. The fourth-order valence-electron chi connectivity index (χ4n) is 0. The van der Waals surface area contributed by atoms with E-state index < -0.39 is 0 Å². The van der Waals surface area contributed by atoms with Crippen LogP contribution in [0.3, 0.4) is 0 Å². The summed E-state index contributed by atoms with van der Waals surface area (Å²) in [7, 11) is 0. The van der Waals surface area contributed by atoms with Crippen molar-refractivity contribution in [1.29, 1.82) is 0 Å². The van der Waals surface area contributed by atoms with Crippen LogP contribution in [0.1, 0.15) is 0 Å². The molecule has 0 heterocycles. The van der Waals surface area contributed by atoms with Gasteiger partial charge in [-0.15, -0.1) is 0 Å². The average Bonchev–Trinajstić information content (AvgIpc) is 0. The standard InChI is InChI=1S/2Al.2Ca.10H. The van der Waals surface area contributed by atoms with Crippen LogP contribution < -0.4 is 0 Å². The zero-order valence-corrected chi connectivity index (χ0v) is 0. The SMILES string of the molecule is [AlH3].[AlH3].[CaH2].[CaH2]. The number of hydrogen-bond donors (Lipinski definition) is 0. The van der Waals surface area contributed by atoms with Crippen molar-refractivity contribution in [2.45, 2.75) is 0 Å². The molecule has 0 radical (unpaired) electrons. The Kier molecular flexibility index (Phi) is 102. The summed E-state index contributed by atoms with van der Waals surface area (Å²) in [5, 5.41) is 0. The first-order valence-corrected chi connectivity index (χ1v) is 0. The molecule has 0 spiro atoms. The van der Waals surface area contributed by atoms with Gasteiger partial charge in [-0.05, 0) is 0 Å². The van der Waals surface area contributed by atoms with Crippen LogP contribution in [0.15, 0.2) is 0 Å². The molecule has 0 saturated heterocycles. The molecule has 0 aliphatic carbocycles. The third-order valence-electron chi connectivity index (χ3n) is 0. The van der Waals surface area contributed by atoms with E-state index in [0.29, 0.717) is 0 Å². The van der Waals surface area contributed by atoms with Gasteiger partial charge in [-0.25, -0.2) is 0 Å². The van der Waals surface area contributed by atoms with E-state index in [9.17, 15) is 0 Å². The zero-order valence-electron chi connectivity index (χ0n) is 0. The van der Waals surface area contributed by atoms with Gasteiger partial charge < -0.3 is 0 Å². The first-order chi connectivity index (χ1) is 0. The van der Waals surface area contributed by atoms with E-state index in [2.05, 4.69) is 0 Å². The van der Waals surface area contributed by atoms with Gasteiger partial charge in [-0.3, -0.25) is 0 Å². The molecular weight excluding hydrogens is 134 g/mol. The van der Waals surface area contributed by atoms with E-state index in [-0.39, 0.29) is 110 Å². The van der Waals surface area contributed by atoms with Crippen LogP contribution in [-0.2, 0) is 0 Å². The van der Waals surface area contributed by atoms with E-state index in [1.54, 1.807) is 0 Å². The molecule has 0 rings (SSSR count). The molecule has 0 aliphatic rings. The Morgan fingerprint density at radius 3 is 0.500 bits per heavy atom. The first kappa shape index (κ1) is 25.6. The first-order valence-electron chi connectivity index (χ1n) is 0. The van der Waals surface area contributed by atoms with Crippen molar-refractivity contribution < 1.29 is 0 Å². The van der Waals surface area contributed by atoms with E-state index in [1.807, 2.05) is 0 Å². The minimum absolute atomic E-state index is 0. The van der Waals surface area contributed by atoms with Crippen LogP contribution in [0, 0.1) is 0 Å². The predicted octanol–water partition coefficient (Wildman–Crippen LogP) is -4.20. The molecule has 0 aromatic heterocycles. The summed E-state index contributed by atoms with van der Waals surface area (Å²) in [5.41, 5.74) is 0. The fraction of sp³-hybridized carbons (Fsp3) is 0. The van der Waals surface area contributed by atoms with Gasteiger partial charge in [-0.1, -0.05) is 0 Å². The Balaban J connectivity index is 0. The molecule has 20 valence electrons. The molecule has 0 N–H and O–H groups in total. The van der Waals surface area contributed by atoms with Gasteiger partial charge >= 0.3 is 75.5 Å². The molecular formula is H10Al2Ca2. The third-order valence-corrected chi connectivity index (χ3v) is 0. The minimum atomic E-state index is 0. The van der Waals surface area contributed by atoms with Crippen molar-refractivity contribution in [2.75, 3.05) is 0 Å². The summed E-state index contributed by atoms with van der Waals surface area (Å²) >= 11 is 0. The van der Waals surface area contributed by atoms with Crippen molar-refractivity contribution in [3.05, 3.63) is 0 Å². The van der Waals surface area contributed by atoms with Crippen molar-refractivity contribution in [3.63, 3.8) is 0 Å². The summed E-state index contributed by atoms with van der Waals surface area (Å²) in [6.07, 6.45) is 0. The summed E-state index contributed by atoms with van der Waals surface area (Å²) in [4.78, 5) is 0. The topological polar surface area (TPSA) is 0 Å². The van der Waals surface area contributed by atoms with Crippen molar-refractivity contribution in [2.24, 2.45) is 0 Å². The Labute approximate surface area is 107 Å². The quantitative estimate of drug-likeness (QED) is 0.302.